The van der Waals surface area contributed by atoms with Crippen molar-refractivity contribution < 1.29 is 33.3 Å². The molecule has 2 amide bonds. The maximum Gasteiger partial charge on any atom is 0.305 e. The van der Waals surface area contributed by atoms with Crippen molar-refractivity contribution in [3.63, 3.8) is 0 Å². The molecule has 0 bridgehead atoms. The predicted molar refractivity (Wildman–Crippen MR) is 141 cm³/mol. The Morgan fingerprint density at radius 2 is 1.92 bits per heavy atom. The molecule has 3 rings (SSSR count). The first-order chi connectivity index (χ1) is 17.4. The predicted octanol–water partition coefficient (Wildman–Crippen LogP) is 3.26. The third kappa shape index (κ3) is 7.94. The number of thiocarbonyl (C=S) groups is 1. The number of benzene rings is 1. The summed E-state index contributed by atoms with van der Waals surface area (Å²) in [6, 6.07) is 5.35. The van der Waals surface area contributed by atoms with Crippen LogP contribution in [0.1, 0.15) is 38.2 Å². The van der Waals surface area contributed by atoms with Gasteiger partial charge in [0.05, 0.1) is 31.8 Å². The van der Waals surface area contributed by atoms with E-state index in [0.29, 0.717) is 73.0 Å². The van der Waals surface area contributed by atoms with Gasteiger partial charge in [0.25, 0.3) is 11.8 Å². The maximum absolute atomic E-state index is 12.9. The zero-order valence-corrected chi connectivity index (χ0v) is 22.3. The van der Waals surface area contributed by atoms with Gasteiger partial charge in [0.2, 0.25) is 0 Å². The van der Waals surface area contributed by atoms with Gasteiger partial charge >= 0.3 is 5.97 Å². The van der Waals surface area contributed by atoms with Crippen molar-refractivity contribution in [3.8, 4) is 11.5 Å². The summed E-state index contributed by atoms with van der Waals surface area (Å²) in [5.74, 6) is 0.512. The highest BCUT2D eigenvalue weighted by Crippen LogP contribution is 2.35. The van der Waals surface area contributed by atoms with Crippen molar-refractivity contribution in [2.75, 3.05) is 53.2 Å². The summed E-state index contributed by atoms with van der Waals surface area (Å²) >= 11 is 6.68. The molecule has 0 aliphatic carbocycles. The van der Waals surface area contributed by atoms with Crippen molar-refractivity contribution in [2.24, 2.45) is 0 Å². The van der Waals surface area contributed by atoms with Gasteiger partial charge in [-0.05, 0) is 43.5 Å². The topological polar surface area (TPSA) is 94.6 Å². The molecular weight excluding hydrogens is 504 g/mol. The molecule has 2 heterocycles. The quantitative estimate of drug-likeness (QED) is 0.173. The first kappa shape index (κ1) is 27.9. The number of thioether (sulfide) groups is 1. The molecule has 2 saturated heterocycles. The number of nitrogens with zero attached hydrogens (tertiary/aromatic N) is 2. The highest BCUT2D eigenvalue weighted by Gasteiger charge is 2.31. The van der Waals surface area contributed by atoms with Crippen LogP contribution in [0.25, 0.3) is 6.08 Å². The Hall–Kier alpha value is -2.63. The van der Waals surface area contributed by atoms with Gasteiger partial charge in [-0.3, -0.25) is 19.3 Å². The lowest BCUT2D eigenvalue weighted by molar-refractivity contribution is -0.140. The second-order valence-electron chi connectivity index (χ2n) is 8.14. The summed E-state index contributed by atoms with van der Waals surface area (Å²) in [6.07, 6.45) is 4.42. The number of hydrogen-bond donors (Lipinski definition) is 0. The molecule has 196 valence electrons. The molecule has 11 heteroatoms. The van der Waals surface area contributed by atoms with Gasteiger partial charge < -0.3 is 23.8 Å². The lowest BCUT2D eigenvalue weighted by Crippen LogP contribution is -2.43. The van der Waals surface area contributed by atoms with E-state index in [2.05, 4.69) is 4.74 Å². The fraction of sp³-hybridized carbons (Fsp3) is 0.520. The van der Waals surface area contributed by atoms with Crippen molar-refractivity contribution in [1.29, 1.82) is 0 Å². The van der Waals surface area contributed by atoms with E-state index in [9.17, 15) is 14.4 Å². The molecule has 2 fully saturated rings. The van der Waals surface area contributed by atoms with E-state index in [1.807, 2.05) is 13.0 Å². The van der Waals surface area contributed by atoms with Crippen LogP contribution >= 0.6 is 24.0 Å². The monoisotopic (exact) mass is 536 g/mol. The summed E-state index contributed by atoms with van der Waals surface area (Å²) in [5, 5.41) is 0. The lowest BCUT2D eigenvalue weighted by Gasteiger charge is -2.26. The molecule has 1 aromatic rings. The average molecular weight is 537 g/mol. The molecule has 0 spiro atoms. The summed E-state index contributed by atoms with van der Waals surface area (Å²) < 4.78 is 21.9. The molecular formula is C25H32N2O7S2. The van der Waals surface area contributed by atoms with Crippen molar-refractivity contribution in [1.82, 2.24) is 9.80 Å². The molecule has 0 radical (unpaired) electrons. The normalized spacial score (nSPS) is 17.0. The highest BCUT2D eigenvalue weighted by molar-refractivity contribution is 8.26. The molecule has 0 N–H and O–H groups in total. The van der Waals surface area contributed by atoms with Gasteiger partial charge in [-0.15, -0.1) is 0 Å². The minimum Gasteiger partial charge on any atom is -0.490 e. The second kappa shape index (κ2) is 14.2. The Balaban J connectivity index is 1.59. The number of carbonyl (C=O) groups excluding carboxylic acids is 3. The number of hydrogen-bond acceptors (Lipinski definition) is 9. The fourth-order valence-electron chi connectivity index (χ4n) is 3.71. The van der Waals surface area contributed by atoms with E-state index in [0.717, 1.165) is 18.4 Å². The van der Waals surface area contributed by atoms with Gasteiger partial charge in [0.15, 0.2) is 18.1 Å². The van der Waals surface area contributed by atoms with Gasteiger partial charge in [0, 0.05) is 26.1 Å². The summed E-state index contributed by atoms with van der Waals surface area (Å²) in [6.45, 7) is 4.91. The number of carbonyl (C=O) groups is 3. The Labute approximate surface area is 221 Å². The third-order valence-electron chi connectivity index (χ3n) is 5.64. The minimum absolute atomic E-state index is 0.0856. The number of rotatable bonds is 12. The Bertz CT molecular complexity index is 993. The number of esters is 1. The standard InChI is InChI=1S/C25H32N2O7S2/c1-3-33-20-15-18(8-9-19(20)34-17-22(28)26-11-13-32-14-12-26)16-21-24(30)27(25(35)36-21)10-6-4-5-7-23(29)31-2/h8-9,15-16H,3-7,10-14,17H2,1-2H3/b21-16+. The third-order valence-corrected chi connectivity index (χ3v) is 7.02. The van der Waals surface area contributed by atoms with Crippen molar-refractivity contribution in [3.05, 3.63) is 28.7 Å². The highest BCUT2D eigenvalue weighted by atomic mass is 32.2. The average Bonchev–Trinajstić information content (AvgIpc) is 3.15. The Kier molecular flexibility index (Phi) is 11.0. The minimum atomic E-state index is -0.227. The van der Waals surface area contributed by atoms with E-state index >= 15 is 0 Å². The SMILES string of the molecule is CCOc1cc(/C=C2/SC(=S)N(CCCCCC(=O)OC)C2=O)ccc1OCC(=O)N1CCOCC1. The summed E-state index contributed by atoms with van der Waals surface area (Å²) in [5.41, 5.74) is 0.767. The molecule has 2 aliphatic heterocycles. The van der Waals surface area contributed by atoms with Crippen molar-refractivity contribution >= 4 is 52.2 Å². The molecule has 0 atom stereocenters. The van der Waals surface area contributed by atoms with Crippen LogP contribution in [0.5, 0.6) is 11.5 Å². The van der Waals surface area contributed by atoms with E-state index in [-0.39, 0.29) is 24.4 Å². The number of methoxy groups -OCH3 is 1. The number of ether oxygens (including phenoxy) is 4. The van der Waals surface area contributed by atoms with Crippen LogP contribution in [0.2, 0.25) is 0 Å². The summed E-state index contributed by atoms with van der Waals surface area (Å²) in [4.78, 5) is 40.4. The molecule has 0 aromatic heterocycles. The van der Waals surface area contributed by atoms with Gasteiger partial charge in [-0.1, -0.05) is 36.5 Å². The Morgan fingerprint density at radius 1 is 1.14 bits per heavy atom. The molecule has 0 saturated carbocycles. The number of morpholine rings is 1. The zero-order valence-electron chi connectivity index (χ0n) is 20.7. The van der Waals surface area contributed by atoms with Crippen LogP contribution in [-0.2, 0) is 23.9 Å². The fourth-order valence-corrected chi connectivity index (χ4v) is 5.02. The van der Waals surface area contributed by atoms with Crippen LogP contribution in [0.3, 0.4) is 0 Å². The van der Waals surface area contributed by atoms with Crippen LogP contribution in [0.4, 0.5) is 0 Å². The lowest BCUT2D eigenvalue weighted by atomic mass is 10.1. The van der Waals surface area contributed by atoms with Gasteiger partial charge in [-0.2, -0.15) is 0 Å². The molecule has 9 nitrogen and oxygen atoms in total. The first-order valence-electron chi connectivity index (χ1n) is 12.0. The first-order valence-corrected chi connectivity index (χ1v) is 13.2. The molecule has 0 unspecified atom stereocenters. The maximum atomic E-state index is 12.9. The van der Waals surface area contributed by atoms with Crippen LogP contribution in [0.15, 0.2) is 23.1 Å². The van der Waals surface area contributed by atoms with Crippen molar-refractivity contribution in [2.45, 2.75) is 32.6 Å². The second-order valence-corrected chi connectivity index (χ2v) is 9.82. The molecule has 36 heavy (non-hydrogen) atoms. The van der Waals surface area contributed by atoms with Crippen LogP contribution < -0.4 is 9.47 Å². The molecule has 1 aromatic carbocycles. The van der Waals surface area contributed by atoms with Gasteiger partial charge in [-0.25, -0.2) is 0 Å². The zero-order chi connectivity index (χ0) is 25.9. The van der Waals surface area contributed by atoms with E-state index in [1.165, 1.54) is 18.9 Å². The van der Waals surface area contributed by atoms with E-state index in [4.69, 9.17) is 26.4 Å². The van der Waals surface area contributed by atoms with E-state index < -0.39 is 0 Å². The Morgan fingerprint density at radius 3 is 2.64 bits per heavy atom. The molecule has 2 aliphatic rings. The largest absolute Gasteiger partial charge is 0.490 e. The smallest absolute Gasteiger partial charge is 0.305 e. The number of amides is 2. The van der Waals surface area contributed by atoms with E-state index in [1.54, 1.807) is 28.0 Å². The van der Waals surface area contributed by atoms with Crippen LogP contribution in [0, 0.1) is 0 Å². The van der Waals surface area contributed by atoms with Gasteiger partial charge in [0.1, 0.15) is 4.32 Å². The number of unbranched alkanes of at least 4 members (excludes halogenated alkanes) is 2. The van der Waals surface area contributed by atoms with Crippen LogP contribution in [-0.4, -0.2) is 85.1 Å². The summed E-state index contributed by atoms with van der Waals surface area (Å²) in [7, 11) is 1.38.